The molecule has 4 fully saturated rings. The van der Waals surface area contributed by atoms with Crippen LogP contribution in [0.1, 0.15) is 91.9 Å². The van der Waals surface area contributed by atoms with Crippen LogP contribution in [0.15, 0.2) is 0 Å². The van der Waals surface area contributed by atoms with E-state index in [2.05, 4.69) is 11.7 Å². The molecule has 0 heterocycles. The Balaban J connectivity index is 1.41. The van der Waals surface area contributed by atoms with Gasteiger partial charge in [0.2, 0.25) is 0 Å². The lowest BCUT2D eigenvalue weighted by Crippen LogP contribution is -2.65. The highest BCUT2D eigenvalue weighted by Gasteiger charge is 2.71. The van der Waals surface area contributed by atoms with E-state index in [0.717, 1.165) is 0 Å². The summed E-state index contributed by atoms with van der Waals surface area (Å²) in [6.07, 6.45) is 1.60. The number of halogens is 4. The van der Waals surface area contributed by atoms with E-state index in [1.165, 1.54) is 0 Å². The molecule has 0 aliphatic heterocycles. The van der Waals surface area contributed by atoms with Crippen LogP contribution < -0.4 is 0 Å². The van der Waals surface area contributed by atoms with Crippen molar-refractivity contribution in [2.24, 2.45) is 45.8 Å². The molecule has 0 saturated heterocycles. The quantitative estimate of drug-likeness (QED) is 0.204. The first kappa shape index (κ1) is 33.0. The van der Waals surface area contributed by atoms with Crippen LogP contribution in [0, 0.1) is 45.8 Å². The van der Waals surface area contributed by atoms with Gasteiger partial charge < -0.3 is 4.74 Å². The summed E-state index contributed by atoms with van der Waals surface area (Å²) >= 11 is 0. The van der Waals surface area contributed by atoms with E-state index in [4.69, 9.17) is 4.55 Å². The number of Topliss-reactive ketones (excluding diaryl/α,β-unsaturated/α-hetero) is 3. The lowest BCUT2D eigenvalue weighted by Gasteiger charge is -2.63. The fraction of sp³-hybridized carbons (Fsp3) is 0.862. The van der Waals surface area contributed by atoms with Crippen LogP contribution in [0.5, 0.6) is 0 Å². The zero-order chi connectivity index (χ0) is 31.7. The summed E-state index contributed by atoms with van der Waals surface area (Å²) in [7, 11) is -6.37. The molecule has 0 amide bonds. The number of hydrogen-bond acceptors (Lipinski definition) is 7. The van der Waals surface area contributed by atoms with Gasteiger partial charge in [-0.2, -0.15) is 26.0 Å². The van der Waals surface area contributed by atoms with Gasteiger partial charge in [0.1, 0.15) is 17.3 Å². The normalized spacial score (nSPS) is 38.0. The molecule has 4 rings (SSSR count). The van der Waals surface area contributed by atoms with E-state index < -0.39 is 51.1 Å². The molecule has 13 heteroatoms. The maximum Gasteiger partial charge on any atom is 0.431 e. The maximum absolute atomic E-state index is 14.0. The molecule has 8 atom stereocenters. The van der Waals surface area contributed by atoms with E-state index in [9.17, 15) is 45.2 Å². The van der Waals surface area contributed by atoms with Gasteiger partial charge in [-0.25, -0.2) is 0 Å². The van der Waals surface area contributed by atoms with Crippen molar-refractivity contribution in [3.8, 4) is 0 Å². The third-order valence-electron chi connectivity index (χ3n) is 11.8. The van der Waals surface area contributed by atoms with Gasteiger partial charge in [-0.3, -0.25) is 23.7 Å². The minimum Gasteiger partial charge on any atom is -0.465 e. The van der Waals surface area contributed by atoms with Gasteiger partial charge in [-0.1, -0.05) is 27.7 Å². The van der Waals surface area contributed by atoms with Gasteiger partial charge in [-0.15, -0.1) is 0 Å². The first-order valence-corrected chi connectivity index (χ1v) is 16.0. The van der Waals surface area contributed by atoms with Crippen LogP contribution in [-0.4, -0.2) is 54.1 Å². The van der Waals surface area contributed by atoms with Gasteiger partial charge in [0.25, 0.3) is 0 Å². The van der Waals surface area contributed by atoms with Crippen molar-refractivity contribution < 1.29 is 54.4 Å². The van der Waals surface area contributed by atoms with Gasteiger partial charge >= 0.3 is 27.3 Å². The molecule has 4 aliphatic carbocycles. The molecule has 42 heavy (non-hydrogen) atoms. The zero-order valence-electron chi connectivity index (χ0n) is 24.4. The molecule has 4 saturated carbocycles. The monoisotopic (exact) mass is 624 g/mol. The Bertz CT molecular complexity index is 1270. The zero-order valence-corrected chi connectivity index (χ0v) is 25.2. The lowest BCUT2D eigenvalue weighted by molar-refractivity contribution is -0.185. The average Bonchev–Trinajstić information content (AvgIpc) is 3.25. The van der Waals surface area contributed by atoms with Crippen LogP contribution in [-0.2, 0) is 34.0 Å². The molecule has 0 aromatic carbocycles. The summed E-state index contributed by atoms with van der Waals surface area (Å²) in [6, 6.07) is 0. The van der Waals surface area contributed by atoms with Gasteiger partial charge in [0.15, 0.2) is 0 Å². The Hall–Kier alpha value is -1.89. The van der Waals surface area contributed by atoms with Crippen LogP contribution in [0.4, 0.5) is 17.6 Å². The van der Waals surface area contributed by atoms with Crippen LogP contribution in [0.2, 0.25) is 0 Å². The smallest absolute Gasteiger partial charge is 0.431 e. The fourth-order valence-corrected chi connectivity index (χ4v) is 9.73. The van der Waals surface area contributed by atoms with Crippen molar-refractivity contribution in [3.05, 3.63) is 0 Å². The molecule has 0 aromatic heterocycles. The molecule has 1 unspecified atom stereocenters. The maximum atomic E-state index is 14.0. The Morgan fingerprint density at radius 2 is 1.62 bits per heavy atom. The van der Waals surface area contributed by atoms with Crippen molar-refractivity contribution in [1.29, 1.82) is 0 Å². The van der Waals surface area contributed by atoms with Gasteiger partial charge in [0, 0.05) is 42.9 Å². The second-order valence-electron chi connectivity index (χ2n) is 13.7. The van der Waals surface area contributed by atoms with Crippen molar-refractivity contribution in [1.82, 2.24) is 0 Å². The lowest BCUT2D eigenvalue weighted by atomic mass is 9.38. The van der Waals surface area contributed by atoms with Crippen LogP contribution in [0.3, 0.4) is 0 Å². The topological polar surface area (TPSA) is 132 Å². The SMILES string of the molecule is C[C@H](CCC(=O)OCCC(F)(F)C(F)(F)S(=O)(=O)O)[C@H]1CC[C@@H]2[C@]1(C)C(=O)C[C@H]1[C@@]2(C)C(=O)CC2CC(=O)CC[C@@]21C. The molecule has 4 aliphatic rings. The van der Waals surface area contributed by atoms with Crippen molar-refractivity contribution in [2.75, 3.05) is 6.61 Å². The molecular weight excluding hydrogens is 584 g/mol. The molecular formula is C29H40F4O8S. The second-order valence-corrected chi connectivity index (χ2v) is 15.2. The van der Waals surface area contributed by atoms with E-state index in [0.29, 0.717) is 38.5 Å². The fourth-order valence-electron chi connectivity index (χ4n) is 9.25. The Morgan fingerprint density at radius 1 is 1.00 bits per heavy atom. The highest BCUT2D eigenvalue weighted by Crippen LogP contribution is 2.71. The predicted octanol–water partition coefficient (Wildman–Crippen LogP) is 5.43. The third-order valence-corrected chi connectivity index (χ3v) is 12.7. The summed E-state index contributed by atoms with van der Waals surface area (Å²) in [5.41, 5.74) is -1.79. The van der Waals surface area contributed by atoms with E-state index in [-0.39, 0.29) is 71.6 Å². The van der Waals surface area contributed by atoms with E-state index in [1.807, 2.05) is 20.8 Å². The van der Waals surface area contributed by atoms with Crippen LogP contribution >= 0.6 is 0 Å². The number of ether oxygens (including phenoxy) is 1. The third kappa shape index (κ3) is 4.94. The number of esters is 1. The molecule has 8 nitrogen and oxygen atoms in total. The Kier molecular flexibility index (Phi) is 8.35. The standard InChI is InChI=1S/C29H40F4O8S/c1-16(5-8-24(37)41-12-11-28(30,31)29(32,33)42(38,39)40)19-6-7-20-26(19,3)23(36)15-21-25(2)10-9-18(34)13-17(25)14-22(35)27(20,21)4/h16-17,19-21H,5-15H2,1-4H3,(H,38,39,40)/t16-,17?,19-,20-,21-,25+,26-,27+/m1/s1. The summed E-state index contributed by atoms with van der Waals surface area (Å²) in [5.74, 6) is -6.46. The number of fused-ring (bicyclic) bond motifs is 5. The highest BCUT2D eigenvalue weighted by atomic mass is 32.2. The summed E-state index contributed by atoms with van der Waals surface area (Å²) in [5, 5.41) is -5.73. The van der Waals surface area contributed by atoms with Gasteiger partial charge in [0.05, 0.1) is 13.0 Å². The minimum atomic E-state index is -6.37. The van der Waals surface area contributed by atoms with Crippen molar-refractivity contribution >= 4 is 33.4 Å². The second kappa shape index (κ2) is 10.6. The Morgan fingerprint density at radius 3 is 2.24 bits per heavy atom. The molecule has 238 valence electrons. The van der Waals surface area contributed by atoms with Crippen LogP contribution in [0.25, 0.3) is 0 Å². The molecule has 0 aromatic rings. The summed E-state index contributed by atoms with van der Waals surface area (Å²) in [6.45, 7) is 6.74. The number of hydrogen-bond donors (Lipinski definition) is 1. The van der Waals surface area contributed by atoms with E-state index in [1.54, 1.807) is 0 Å². The highest BCUT2D eigenvalue weighted by molar-refractivity contribution is 7.87. The Labute approximate surface area is 243 Å². The number of alkyl halides is 4. The predicted molar refractivity (Wildman–Crippen MR) is 141 cm³/mol. The molecule has 0 spiro atoms. The molecule has 0 radical (unpaired) electrons. The number of rotatable bonds is 9. The summed E-state index contributed by atoms with van der Waals surface area (Å²) < 4.78 is 88.3. The van der Waals surface area contributed by atoms with Gasteiger partial charge in [-0.05, 0) is 60.7 Å². The number of carbonyl (C=O) groups excluding carboxylic acids is 4. The number of carbonyl (C=O) groups is 4. The first-order chi connectivity index (χ1) is 19.1. The minimum absolute atomic E-state index is 0.0529. The largest absolute Gasteiger partial charge is 0.465 e. The summed E-state index contributed by atoms with van der Waals surface area (Å²) in [4.78, 5) is 52.2. The molecule has 1 N–H and O–H groups in total. The van der Waals surface area contributed by atoms with E-state index >= 15 is 0 Å². The molecule has 0 bridgehead atoms. The number of ketones is 3. The first-order valence-electron chi connectivity index (χ1n) is 14.6. The van der Waals surface area contributed by atoms with Crippen molar-refractivity contribution in [3.63, 3.8) is 0 Å². The van der Waals surface area contributed by atoms with Crippen molar-refractivity contribution in [2.45, 2.75) is 103 Å². The average molecular weight is 625 g/mol.